The predicted molar refractivity (Wildman–Crippen MR) is 200 cm³/mol. The number of nitrogens with zero attached hydrogens (tertiary/aromatic N) is 2. The van der Waals surface area contributed by atoms with Crippen molar-refractivity contribution < 1.29 is 34.6 Å². The van der Waals surface area contributed by atoms with Gasteiger partial charge < -0.3 is 9.67 Å². The molecule has 1 radical (unpaired) electrons. The molecule has 48 heavy (non-hydrogen) atoms. The number of carbonyl (C=O) groups is 1. The number of hydrogen-bond acceptors (Lipinski definition) is 4. The van der Waals surface area contributed by atoms with Crippen LogP contribution in [0.4, 0.5) is 0 Å². The zero-order chi connectivity index (χ0) is 34.6. The fourth-order valence-electron chi connectivity index (χ4n) is 5.61. The van der Waals surface area contributed by atoms with Crippen LogP contribution in [-0.4, -0.2) is 15.9 Å². The van der Waals surface area contributed by atoms with Gasteiger partial charge in [-0.3, -0.25) is 4.79 Å². The molecule has 0 atom stereocenters. The van der Waals surface area contributed by atoms with E-state index in [1.165, 1.54) is 21.7 Å². The molecule has 3 heterocycles. The van der Waals surface area contributed by atoms with Gasteiger partial charge in [0, 0.05) is 44.1 Å². The van der Waals surface area contributed by atoms with Crippen LogP contribution in [0.1, 0.15) is 93.6 Å². The predicted octanol–water partition coefficient (Wildman–Crippen LogP) is 11.5. The summed E-state index contributed by atoms with van der Waals surface area (Å²) in [5.74, 6) is 0.286. The summed E-state index contributed by atoms with van der Waals surface area (Å²) in [6.07, 6.45) is 6.76. The number of aliphatic hydroxyl groups excluding tert-OH is 1. The third kappa shape index (κ3) is 8.45. The van der Waals surface area contributed by atoms with E-state index in [2.05, 4.69) is 99.9 Å². The maximum absolute atomic E-state index is 12.2. The van der Waals surface area contributed by atoms with Crippen molar-refractivity contribution >= 4 is 38.1 Å². The molecule has 0 aliphatic rings. The average Bonchev–Trinajstić information content (AvgIpc) is 3.55. The van der Waals surface area contributed by atoms with Gasteiger partial charge in [-0.1, -0.05) is 91.5 Å². The van der Waals surface area contributed by atoms with Crippen LogP contribution in [0.3, 0.4) is 0 Å². The van der Waals surface area contributed by atoms with Crippen LogP contribution in [0.2, 0.25) is 0 Å². The number of carbonyl (C=O) groups excluding carboxylic acids is 1. The van der Waals surface area contributed by atoms with Gasteiger partial charge in [0.1, 0.15) is 11.5 Å². The number of pyridine rings is 2. The summed E-state index contributed by atoms with van der Waals surface area (Å²) in [4.78, 5) is 17.0. The fourth-order valence-corrected chi connectivity index (χ4v) is 6.33. The second-order valence-electron chi connectivity index (χ2n) is 14.1. The first-order chi connectivity index (χ1) is 22.2. The van der Waals surface area contributed by atoms with Gasteiger partial charge in [0.2, 0.25) is 0 Å². The molecule has 0 unspecified atom stereocenters. The van der Waals surface area contributed by atoms with Crippen molar-refractivity contribution in [3.63, 3.8) is 0 Å². The van der Waals surface area contributed by atoms with E-state index in [4.69, 9.17) is 4.98 Å². The minimum atomic E-state index is -0.337. The van der Waals surface area contributed by atoms with Crippen molar-refractivity contribution in [3.8, 4) is 22.5 Å². The Morgan fingerprint density at radius 2 is 1.56 bits per heavy atom. The quantitative estimate of drug-likeness (QED) is 0.0696. The number of thiophene rings is 1. The van der Waals surface area contributed by atoms with Gasteiger partial charge in [-0.25, -0.2) is 4.98 Å². The largest absolute Gasteiger partial charge is 0.512 e. The van der Waals surface area contributed by atoms with Gasteiger partial charge in [0.15, 0.2) is 5.78 Å². The van der Waals surface area contributed by atoms with Crippen molar-refractivity contribution in [1.29, 1.82) is 0 Å². The third-order valence-corrected chi connectivity index (χ3v) is 11.0. The van der Waals surface area contributed by atoms with Crippen molar-refractivity contribution in [1.82, 2.24) is 4.98 Å². The summed E-state index contributed by atoms with van der Waals surface area (Å²) in [7, 11) is 4.22. The Hall–Kier alpha value is -3.31. The summed E-state index contributed by atoms with van der Waals surface area (Å²) < 4.78 is 3.12. The molecule has 0 aliphatic carbocycles. The first kappa shape index (κ1) is 39.1. The van der Waals surface area contributed by atoms with E-state index in [-0.39, 0.29) is 47.9 Å². The molecule has 5 aromatic rings. The molecular weight excluding hydrogens is 789 g/mol. The molecule has 0 aliphatic heterocycles. The number of fused-ring (bicyclic) bond motifs is 2. The molecule has 5 rings (SSSR count). The van der Waals surface area contributed by atoms with Crippen LogP contribution in [0.25, 0.3) is 43.5 Å². The zero-order valence-corrected chi connectivity index (χ0v) is 33.2. The zero-order valence-electron chi connectivity index (χ0n) is 30.0. The molecule has 0 saturated heterocycles. The Labute approximate surface area is 305 Å². The Kier molecular flexibility index (Phi) is 13.0. The number of benzene rings is 2. The standard InChI is InChI=1S/C27H23N2S.C15H28O2.Ir/c1-27(2,3)22-16-20(15-18-7-5-6-8-21(18)22)25-17-19(11-13-29(25)4)23-9-10-26-24(28-23)12-14-30-26;1-7-14(5,8-2)12(16)11-13(17)15(6,9-3)10-4;/h5-14,16-17H,4H2,1-3H3;11,16H,7-10H2,1-6H3;/q-1;;/b;12-11-;. The molecule has 2 aromatic carbocycles. The van der Waals surface area contributed by atoms with E-state index >= 15 is 0 Å². The topological polar surface area (TPSA) is 54.1 Å². The summed E-state index contributed by atoms with van der Waals surface area (Å²) in [5.41, 5.74) is 5.90. The molecule has 257 valence electrons. The molecule has 4 nitrogen and oxygen atoms in total. The van der Waals surface area contributed by atoms with E-state index < -0.39 is 0 Å². The van der Waals surface area contributed by atoms with E-state index in [0.29, 0.717) is 0 Å². The summed E-state index contributed by atoms with van der Waals surface area (Å²) >= 11 is 1.72. The molecule has 0 fully saturated rings. The molecule has 0 bridgehead atoms. The number of hydrogen-bond donors (Lipinski definition) is 1. The van der Waals surface area contributed by atoms with Crippen LogP contribution >= 0.6 is 11.3 Å². The van der Waals surface area contributed by atoms with Gasteiger partial charge in [-0.05, 0) is 72.4 Å². The van der Waals surface area contributed by atoms with Gasteiger partial charge in [-0.2, -0.15) is 0 Å². The van der Waals surface area contributed by atoms with Crippen LogP contribution < -0.4 is 4.57 Å². The Morgan fingerprint density at radius 3 is 2.19 bits per heavy atom. The Morgan fingerprint density at radius 1 is 0.917 bits per heavy atom. The van der Waals surface area contributed by atoms with Gasteiger partial charge >= 0.3 is 0 Å². The normalized spacial score (nSPS) is 12.4. The van der Waals surface area contributed by atoms with Crippen LogP contribution in [0, 0.1) is 23.9 Å². The number of aromatic nitrogens is 2. The van der Waals surface area contributed by atoms with E-state index in [1.54, 1.807) is 11.3 Å². The third-order valence-electron chi connectivity index (χ3n) is 10.1. The number of rotatable bonds is 9. The van der Waals surface area contributed by atoms with Crippen molar-refractivity contribution in [3.05, 3.63) is 103 Å². The number of allylic oxidation sites excluding steroid dienone is 2. The monoisotopic (exact) mass is 840 g/mol. The van der Waals surface area contributed by atoms with Crippen molar-refractivity contribution in [2.75, 3.05) is 0 Å². The van der Waals surface area contributed by atoms with Crippen molar-refractivity contribution in [2.24, 2.45) is 10.8 Å². The molecular formula is C42H51IrN2O2S-. The van der Waals surface area contributed by atoms with Gasteiger partial charge in [0.05, 0.1) is 22.1 Å². The minimum Gasteiger partial charge on any atom is -0.512 e. The summed E-state index contributed by atoms with van der Waals surface area (Å²) in [6.45, 7) is 18.9. The van der Waals surface area contributed by atoms with Crippen LogP contribution in [0.15, 0.2) is 84.1 Å². The molecule has 3 aromatic heterocycles. The Balaban J connectivity index is 0.000000301. The molecule has 1 N–H and O–H groups in total. The van der Waals surface area contributed by atoms with Gasteiger partial charge in [-0.15, -0.1) is 40.5 Å². The van der Waals surface area contributed by atoms with Crippen LogP contribution in [-0.2, 0) is 30.3 Å². The maximum atomic E-state index is 12.2. The minimum absolute atomic E-state index is 0. The van der Waals surface area contributed by atoms with Crippen LogP contribution in [0.5, 0.6) is 0 Å². The molecule has 0 saturated carbocycles. The van der Waals surface area contributed by atoms with Gasteiger partial charge in [0.25, 0.3) is 0 Å². The first-order valence-corrected chi connectivity index (χ1v) is 17.7. The van der Waals surface area contributed by atoms with Crippen molar-refractivity contribution in [2.45, 2.75) is 93.4 Å². The Bertz CT molecular complexity index is 1890. The number of aliphatic hydroxyl groups is 1. The van der Waals surface area contributed by atoms with E-state index in [9.17, 15) is 9.90 Å². The summed E-state index contributed by atoms with van der Waals surface area (Å²) in [5, 5.41) is 14.6. The molecule has 0 spiro atoms. The molecule has 6 heteroatoms. The SMILES string of the molecule is CCC(C)(CC)C(=O)/C=C(\O)C(C)(CC)CC.[CH2-][n+]1ccc(-c2ccc3sccc3n2)cc1-c1[c-]c2ccccc2c(C(C)(C)C)c1.[Ir]. The maximum Gasteiger partial charge on any atom is 0.164 e. The smallest absolute Gasteiger partial charge is 0.164 e. The second kappa shape index (κ2) is 15.9. The summed E-state index contributed by atoms with van der Waals surface area (Å²) in [6, 6.07) is 24.9. The van der Waals surface area contributed by atoms with E-state index in [1.807, 2.05) is 52.3 Å². The van der Waals surface area contributed by atoms with E-state index in [0.717, 1.165) is 59.1 Å². The average molecular weight is 840 g/mol. The fraction of sp³-hybridized carbons (Fsp3) is 0.381. The molecule has 0 amide bonds. The second-order valence-corrected chi connectivity index (χ2v) is 15.0. The number of ketones is 1. The first-order valence-electron chi connectivity index (χ1n) is 16.8.